The van der Waals surface area contributed by atoms with Crippen LogP contribution in [0.4, 0.5) is 10.5 Å². The maximum absolute atomic E-state index is 11.9. The predicted molar refractivity (Wildman–Crippen MR) is 81.9 cm³/mol. The Kier molecular flexibility index (Phi) is 5.72. The number of hydrogen-bond acceptors (Lipinski definition) is 3. The Morgan fingerprint density at radius 3 is 2.71 bits per heavy atom. The summed E-state index contributed by atoms with van der Waals surface area (Å²) in [5.74, 6) is 0. The molecule has 2 N–H and O–H groups in total. The average molecular weight is 285 g/mol. The van der Waals surface area contributed by atoms with Crippen molar-refractivity contribution in [3.8, 4) is 0 Å². The summed E-state index contributed by atoms with van der Waals surface area (Å²) in [7, 11) is 0. The highest BCUT2D eigenvalue weighted by atomic mass is 16.5. The van der Waals surface area contributed by atoms with E-state index in [9.17, 15) is 4.79 Å². The Hall–Kier alpha value is -2.40. The van der Waals surface area contributed by atoms with Crippen molar-refractivity contribution in [2.75, 3.05) is 11.9 Å². The number of nitrogens with one attached hydrogen (secondary N) is 2. The molecule has 0 unspecified atom stereocenters. The van der Waals surface area contributed by atoms with Crippen molar-refractivity contribution in [3.05, 3.63) is 59.9 Å². The molecule has 5 heteroatoms. The minimum absolute atomic E-state index is 0.240. The largest absolute Gasteiger partial charge is 0.377 e. The summed E-state index contributed by atoms with van der Waals surface area (Å²) in [5, 5.41) is 5.66. The third-order valence-electron chi connectivity index (χ3n) is 2.93. The van der Waals surface area contributed by atoms with Crippen LogP contribution in [0.1, 0.15) is 18.1 Å². The molecule has 110 valence electrons. The number of anilines is 1. The molecule has 0 bridgehead atoms. The number of urea groups is 1. The summed E-state index contributed by atoms with van der Waals surface area (Å²) < 4.78 is 5.39. The highest BCUT2D eigenvalue weighted by molar-refractivity contribution is 5.90. The molecule has 0 aliphatic rings. The highest BCUT2D eigenvalue weighted by Crippen LogP contribution is 2.15. The summed E-state index contributed by atoms with van der Waals surface area (Å²) in [4.78, 5) is 15.9. The molecule has 0 aliphatic carbocycles. The van der Waals surface area contributed by atoms with E-state index in [1.165, 1.54) is 0 Å². The molecule has 1 aromatic carbocycles. The van der Waals surface area contributed by atoms with Gasteiger partial charge in [-0.15, -0.1) is 0 Å². The lowest BCUT2D eigenvalue weighted by Gasteiger charge is -2.12. The molecular weight excluding hydrogens is 266 g/mol. The zero-order chi connectivity index (χ0) is 14.9. The van der Waals surface area contributed by atoms with Crippen molar-refractivity contribution in [1.82, 2.24) is 10.3 Å². The molecule has 0 fully saturated rings. The molecule has 21 heavy (non-hydrogen) atoms. The average Bonchev–Trinajstić information content (AvgIpc) is 2.53. The van der Waals surface area contributed by atoms with Crippen LogP contribution < -0.4 is 10.6 Å². The van der Waals surface area contributed by atoms with Gasteiger partial charge in [0.05, 0.1) is 6.61 Å². The van der Waals surface area contributed by atoms with Gasteiger partial charge >= 0.3 is 6.03 Å². The van der Waals surface area contributed by atoms with Gasteiger partial charge in [-0.3, -0.25) is 4.98 Å². The van der Waals surface area contributed by atoms with Crippen LogP contribution in [-0.4, -0.2) is 17.6 Å². The van der Waals surface area contributed by atoms with Crippen molar-refractivity contribution in [2.24, 2.45) is 0 Å². The summed E-state index contributed by atoms with van der Waals surface area (Å²) in [5.41, 5.74) is 2.72. The zero-order valence-corrected chi connectivity index (χ0v) is 12.0. The van der Waals surface area contributed by atoms with E-state index in [4.69, 9.17) is 4.74 Å². The van der Waals surface area contributed by atoms with Crippen molar-refractivity contribution in [2.45, 2.75) is 20.1 Å². The molecule has 0 aliphatic heterocycles. The summed E-state index contributed by atoms with van der Waals surface area (Å²) >= 11 is 0. The number of amides is 2. The molecule has 2 aromatic rings. The van der Waals surface area contributed by atoms with Crippen LogP contribution in [0.2, 0.25) is 0 Å². The van der Waals surface area contributed by atoms with Crippen molar-refractivity contribution in [1.29, 1.82) is 0 Å². The predicted octanol–water partition coefficient (Wildman–Crippen LogP) is 2.94. The Labute approximate surface area is 124 Å². The van der Waals surface area contributed by atoms with Crippen molar-refractivity contribution < 1.29 is 9.53 Å². The summed E-state index contributed by atoms with van der Waals surface area (Å²) in [6.45, 7) is 3.53. The van der Waals surface area contributed by atoms with E-state index in [2.05, 4.69) is 15.6 Å². The lowest BCUT2D eigenvalue weighted by Crippen LogP contribution is -2.28. The van der Waals surface area contributed by atoms with E-state index in [-0.39, 0.29) is 6.03 Å². The lowest BCUT2D eigenvalue weighted by molar-refractivity contribution is 0.134. The number of benzene rings is 1. The number of rotatable bonds is 6. The quantitative estimate of drug-likeness (QED) is 0.857. The summed E-state index contributed by atoms with van der Waals surface area (Å²) in [6, 6.07) is 11.1. The van der Waals surface area contributed by atoms with Gasteiger partial charge in [0.2, 0.25) is 0 Å². The van der Waals surface area contributed by atoms with Gasteiger partial charge in [-0.1, -0.05) is 18.2 Å². The second-order valence-corrected chi connectivity index (χ2v) is 4.46. The summed E-state index contributed by atoms with van der Waals surface area (Å²) in [6.07, 6.45) is 3.40. The van der Waals surface area contributed by atoms with E-state index in [0.717, 1.165) is 16.8 Å². The zero-order valence-electron chi connectivity index (χ0n) is 12.0. The Morgan fingerprint density at radius 1 is 1.19 bits per heavy atom. The number of pyridine rings is 1. The molecule has 1 heterocycles. The van der Waals surface area contributed by atoms with Crippen molar-refractivity contribution >= 4 is 11.7 Å². The first-order valence-corrected chi connectivity index (χ1v) is 6.89. The van der Waals surface area contributed by atoms with Gasteiger partial charge in [0.25, 0.3) is 0 Å². The molecule has 0 spiro atoms. The van der Waals surface area contributed by atoms with Gasteiger partial charge in [0, 0.05) is 36.8 Å². The number of para-hydroxylation sites is 1. The molecule has 1 aromatic heterocycles. The van der Waals surface area contributed by atoms with Gasteiger partial charge in [0.1, 0.15) is 0 Å². The normalized spacial score (nSPS) is 10.1. The number of nitrogens with zero attached hydrogens (tertiary/aromatic N) is 1. The van der Waals surface area contributed by atoms with Crippen LogP contribution in [-0.2, 0) is 17.9 Å². The number of aromatic nitrogens is 1. The van der Waals surface area contributed by atoms with Gasteiger partial charge in [-0.25, -0.2) is 4.79 Å². The number of ether oxygens (including phenoxy) is 1. The molecule has 5 nitrogen and oxygen atoms in total. The van der Waals surface area contributed by atoms with Crippen molar-refractivity contribution in [3.63, 3.8) is 0 Å². The fourth-order valence-electron chi connectivity index (χ4n) is 1.83. The third kappa shape index (κ3) is 4.89. The number of carbonyl (C=O) groups excluding carboxylic acids is 1. The van der Waals surface area contributed by atoms with E-state index in [0.29, 0.717) is 19.8 Å². The molecule has 2 rings (SSSR count). The van der Waals surface area contributed by atoms with Crippen LogP contribution in [0.3, 0.4) is 0 Å². The first-order chi connectivity index (χ1) is 10.3. The van der Waals surface area contributed by atoms with Gasteiger partial charge in [0.15, 0.2) is 0 Å². The monoisotopic (exact) mass is 285 g/mol. The van der Waals surface area contributed by atoms with Gasteiger partial charge < -0.3 is 15.4 Å². The highest BCUT2D eigenvalue weighted by Gasteiger charge is 2.06. The molecule has 0 radical (unpaired) electrons. The number of hydrogen-bond donors (Lipinski definition) is 2. The standard InChI is InChI=1S/C16H19N3O2/c1-2-21-12-14-5-3-4-6-15(14)19-16(20)18-11-13-7-9-17-10-8-13/h3-10H,2,11-12H2,1H3,(H2,18,19,20). The fourth-order valence-corrected chi connectivity index (χ4v) is 1.83. The molecule has 2 amide bonds. The second-order valence-electron chi connectivity index (χ2n) is 4.46. The first kappa shape index (κ1) is 15.0. The Morgan fingerprint density at radius 2 is 1.95 bits per heavy atom. The molecule has 0 atom stereocenters. The molecule has 0 saturated heterocycles. The topological polar surface area (TPSA) is 63.2 Å². The molecule has 0 saturated carbocycles. The third-order valence-corrected chi connectivity index (χ3v) is 2.93. The molecular formula is C16H19N3O2. The van der Waals surface area contributed by atoms with Crippen LogP contribution in [0, 0.1) is 0 Å². The first-order valence-electron chi connectivity index (χ1n) is 6.89. The van der Waals surface area contributed by atoms with Crippen LogP contribution >= 0.6 is 0 Å². The SMILES string of the molecule is CCOCc1ccccc1NC(=O)NCc1ccncc1. The van der Waals surface area contributed by atoms with Crippen LogP contribution in [0.15, 0.2) is 48.8 Å². The van der Waals surface area contributed by atoms with Gasteiger partial charge in [-0.05, 0) is 30.7 Å². The van der Waals surface area contributed by atoms with Crippen LogP contribution in [0.5, 0.6) is 0 Å². The van der Waals surface area contributed by atoms with Crippen LogP contribution in [0.25, 0.3) is 0 Å². The maximum Gasteiger partial charge on any atom is 0.319 e. The second kappa shape index (κ2) is 8.01. The smallest absolute Gasteiger partial charge is 0.319 e. The van der Waals surface area contributed by atoms with E-state index < -0.39 is 0 Å². The fraction of sp³-hybridized carbons (Fsp3) is 0.250. The Bertz CT molecular complexity index is 573. The van der Waals surface area contributed by atoms with E-state index in [1.54, 1.807) is 12.4 Å². The lowest BCUT2D eigenvalue weighted by atomic mass is 10.2. The maximum atomic E-state index is 11.9. The Balaban J connectivity index is 1.90. The van der Waals surface area contributed by atoms with Gasteiger partial charge in [-0.2, -0.15) is 0 Å². The minimum atomic E-state index is -0.240. The number of carbonyl (C=O) groups is 1. The minimum Gasteiger partial charge on any atom is -0.377 e. The van der Waals surface area contributed by atoms with E-state index >= 15 is 0 Å². The van der Waals surface area contributed by atoms with E-state index in [1.807, 2.05) is 43.3 Å².